The number of rotatable bonds is 5. The Bertz CT molecular complexity index is 1650. The Morgan fingerprint density at radius 2 is 1.89 bits per heavy atom. The molecule has 1 aliphatic rings. The van der Waals surface area contributed by atoms with E-state index >= 15 is 0 Å². The van der Waals surface area contributed by atoms with Crippen molar-refractivity contribution in [2.24, 2.45) is 0 Å². The van der Waals surface area contributed by atoms with Gasteiger partial charge in [0, 0.05) is 11.6 Å². The molecule has 176 valence electrons. The topological polar surface area (TPSA) is 114 Å². The minimum Gasteiger partial charge on any atom is -0.497 e. The molecule has 1 saturated carbocycles. The zero-order valence-corrected chi connectivity index (χ0v) is 19.8. The van der Waals surface area contributed by atoms with Gasteiger partial charge in [-0.15, -0.1) is 0 Å². The van der Waals surface area contributed by atoms with Crippen LogP contribution in [0, 0.1) is 6.92 Å². The number of hydrogen-bond donors (Lipinski definition) is 1. The van der Waals surface area contributed by atoms with Crippen LogP contribution in [0.15, 0.2) is 53.6 Å². The van der Waals surface area contributed by atoms with Crippen LogP contribution < -0.4 is 16.0 Å². The molecule has 5 aromatic rings. The minimum absolute atomic E-state index is 0.0136. The Morgan fingerprint density at radius 1 is 1.11 bits per heavy atom. The molecule has 0 amide bonds. The second-order valence-corrected chi connectivity index (χ2v) is 9.05. The van der Waals surface area contributed by atoms with Gasteiger partial charge < -0.3 is 10.5 Å². The highest BCUT2D eigenvalue weighted by Crippen LogP contribution is 2.38. The van der Waals surface area contributed by atoms with Crippen molar-refractivity contribution in [2.75, 3.05) is 12.8 Å². The first-order valence-corrected chi connectivity index (χ1v) is 11.6. The van der Waals surface area contributed by atoms with Crippen molar-refractivity contribution < 1.29 is 4.74 Å². The molecule has 0 bridgehead atoms. The predicted molar refractivity (Wildman–Crippen MR) is 135 cm³/mol. The van der Waals surface area contributed by atoms with E-state index in [1.54, 1.807) is 11.8 Å². The van der Waals surface area contributed by atoms with Crippen LogP contribution in [-0.2, 0) is 0 Å². The zero-order chi connectivity index (χ0) is 24.3. The number of ether oxygens (including phenoxy) is 1. The fourth-order valence-electron chi connectivity index (χ4n) is 4.63. The molecule has 2 N–H and O–H groups in total. The maximum atomic E-state index is 13.5. The third kappa shape index (κ3) is 3.42. The third-order valence-electron chi connectivity index (χ3n) is 6.62. The number of nitrogen functional groups attached to an aromatic ring is 1. The molecule has 0 saturated heterocycles. The van der Waals surface area contributed by atoms with E-state index < -0.39 is 0 Å². The summed E-state index contributed by atoms with van der Waals surface area (Å²) in [6, 6.07) is 13.2. The quantitative estimate of drug-likeness (QED) is 0.415. The minimum atomic E-state index is -0.364. The molecule has 9 heteroatoms. The fourth-order valence-corrected chi connectivity index (χ4v) is 4.63. The predicted octanol–water partition coefficient (Wildman–Crippen LogP) is 4.05. The molecule has 1 fully saturated rings. The summed E-state index contributed by atoms with van der Waals surface area (Å²) >= 11 is 0. The summed E-state index contributed by atoms with van der Waals surface area (Å²) in [7, 11) is 1.63. The number of anilines is 1. The highest BCUT2D eigenvalue weighted by molar-refractivity contribution is 5.98. The van der Waals surface area contributed by atoms with Gasteiger partial charge in [-0.1, -0.05) is 6.07 Å². The van der Waals surface area contributed by atoms with Crippen LogP contribution in [0.5, 0.6) is 5.75 Å². The maximum Gasteiger partial charge on any atom is 0.261 e. The molecule has 9 nitrogen and oxygen atoms in total. The summed E-state index contributed by atoms with van der Waals surface area (Å²) in [5, 5.41) is 6.24. The Balaban J connectivity index is 1.58. The number of aromatic nitrogens is 6. The SMILES string of the molecule is COc1ccc(-c2nn(C(C)c3nc4cc(C)ccc4c(=O)n3C3CC3)c3ncnc(N)c23)cc1. The smallest absolute Gasteiger partial charge is 0.261 e. The van der Waals surface area contributed by atoms with Crippen LogP contribution in [-0.4, -0.2) is 36.4 Å². The van der Waals surface area contributed by atoms with Gasteiger partial charge in [-0.2, -0.15) is 5.10 Å². The number of fused-ring (bicyclic) bond motifs is 2. The molecule has 6 rings (SSSR count). The summed E-state index contributed by atoms with van der Waals surface area (Å²) in [5.74, 6) is 1.76. The van der Waals surface area contributed by atoms with Crippen molar-refractivity contribution in [1.82, 2.24) is 29.3 Å². The van der Waals surface area contributed by atoms with E-state index in [4.69, 9.17) is 20.6 Å². The molecule has 3 aromatic heterocycles. The van der Waals surface area contributed by atoms with Gasteiger partial charge in [-0.05, 0) is 68.7 Å². The first kappa shape index (κ1) is 21.3. The van der Waals surface area contributed by atoms with Crippen molar-refractivity contribution in [3.8, 4) is 17.0 Å². The molecule has 0 aliphatic heterocycles. The van der Waals surface area contributed by atoms with E-state index in [1.807, 2.05) is 60.9 Å². The number of nitrogens with two attached hydrogens (primary N) is 1. The average molecular weight is 468 g/mol. The number of nitrogens with zero attached hydrogens (tertiary/aromatic N) is 6. The molecular weight excluding hydrogens is 442 g/mol. The van der Waals surface area contributed by atoms with Gasteiger partial charge in [0.15, 0.2) is 5.65 Å². The van der Waals surface area contributed by atoms with Crippen molar-refractivity contribution in [3.63, 3.8) is 0 Å². The molecule has 2 aromatic carbocycles. The lowest BCUT2D eigenvalue weighted by Crippen LogP contribution is -2.28. The van der Waals surface area contributed by atoms with Crippen LogP contribution in [0.25, 0.3) is 33.2 Å². The molecule has 0 radical (unpaired) electrons. The largest absolute Gasteiger partial charge is 0.497 e. The van der Waals surface area contributed by atoms with E-state index in [9.17, 15) is 4.79 Å². The summed E-state index contributed by atoms with van der Waals surface area (Å²) in [6.07, 6.45) is 3.36. The monoisotopic (exact) mass is 467 g/mol. The Labute approximate surface area is 201 Å². The molecule has 1 aliphatic carbocycles. The highest BCUT2D eigenvalue weighted by Gasteiger charge is 2.32. The summed E-state index contributed by atoms with van der Waals surface area (Å²) < 4.78 is 8.94. The molecular formula is C26H25N7O2. The van der Waals surface area contributed by atoms with Crippen LogP contribution in [0.3, 0.4) is 0 Å². The van der Waals surface area contributed by atoms with E-state index in [0.29, 0.717) is 39.3 Å². The zero-order valence-electron chi connectivity index (χ0n) is 19.8. The maximum absolute atomic E-state index is 13.5. The first-order valence-electron chi connectivity index (χ1n) is 11.6. The highest BCUT2D eigenvalue weighted by atomic mass is 16.5. The molecule has 1 unspecified atom stereocenters. The van der Waals surface area contributed by atoms with E-state index in [1.165, 1.54) is 6.33 Å². The van der Waals surface area contributed by atoms with Gasteiger partial charge >= 0.3 is 0 Å². The van der Waals surface area contributed by atoms with Crippen LogP contribution in [0.1, 0.15) is 43.2 Å². The molecule has 0 spiro atoms. The van der Waals surface area contributed by atoms with Gasteiger partial charge in [0.05, 0.1) is 23.4 Å². The Kier molecular flexibility index (Phi) is 4.80. The summed E-state index contributed by atoms with van der Waals surface area (Å²) in [5.41, 5.74) is 10.2. The van der Waals surface area contributed by atoms with Crippen molar-refractivity contribution in [2.45, 2.75) is 38.8 Å². The van der Waals surface area contributed by atoms with Gasteiger partial charge in [-0.3, -0.25) is 9.36 Å². The van der Waals surface area contributed by atoms with E-state index in [-0.39, 0.29) is 17.6 Å². The summed E-state index contributed by atoms with van der Waals surface area (Å²) in [6.45, 7) is 3.99. The van der Waals surface area contributed by atoms with Crippen LogP contribution in [0.2, 0.25) is 0 Å². The first-order chi connectivity index (χ1) is 17.0. The standard InChI is InChI=1S/C26H25N7O2/c1-14-4-11-19-20(12-14)30-24(32(26(19)34)17-7-8-17)15(2)33-25-21(23(27)28-13-29-25)22(31-33)16-5-9-18(35-3)10-6-16/h4-6,9-13,15,17H,7-8H2,1-3H3,(H2,27,28,29). The van der Waals surface area contributed by atoms with Gasteiger partial charge in [0.25, 0.3) is 5.56 Å². The van der Waals surface area contributed by atoms with Gasteiger partial charge in [0.1, 0.15) is 35.5 Å². The van der Waals surface area contributed by atoms with E-state index in [2.05, 4.69) is 9.97 Å². The third-order valence-corrected chi connectivity index (χ3v) is 6.62. The number of benzene rings is 2. The Morgan fingerprint density at radius 3 is 2.60 bits per heavy atom. The lowest BCUT2D eigenvalue weighted by Gasteiger charge is -2.19. The average Bonchev–Trinajstić information content (AvgIpc) is 3.62. The number of methoxy groups -OCH3 is 1. The number of hydrogen-bond acceptors (Lipinski definition) is 7. The van der Waals surface area contributed by atoms with Crippen molar-refractivity contribution in [1.29, 1.82) is 0 Å². The van der Waals surface area contributed by atoms with Crippen molar-refractivity contribution in [3.05, 3.63) is 70.5 Å². The summed E-state index contributed by atoms with van der Waals surface area (Å²) in [4.78, 5) is 27.2. The van der Waals surface area contributed by atoms with Gasteiger partial charge in [-0.25, -0.2) is 19.6 Å². The van der Waals surface area contributed by atoms with Crippen LogP contribution in [0.4, 0.5) is 5.82 Å². The molecule has 3 heterocycles. The molecule has 1 atom stereocenters. The van der Waals surface area contributed by atoms with E-state index in [0.717, 1.165) is 29.7 Å². The second kappa shape index (κ2) is 7.90. The molecule has 35 heavy (non-hydrogen) atoms. The lowest BCUT2D eigenvalue weighted by atomic mass is 10.1. The number of aryl methyl sites for hydroxylation is 1. The Hall–Kier alpha value is -4.27. The normalized spacial score (nSPS) is 14.5. The van der Waals surface area contributed by atoms with Crippen molar-refractivity contribution >= 4 is 27.8 Å². The van der Waals surface area contributed by atoms with Gasteiger partial charge in [0.2, 0.25) is 0 Å². The van der Waals surface area contributed by atoms with Crippen LogP contribution >= 0.6 is 0 Å². The second-order valence-electron chi connectivity index (χ2n) is 9.05. The fraction of sp³-hybridized carbons (Fsp3) is 0.269. The lowest BCUT2D eigenvalue weighted by molar-refractivity contribution is 0.415.